The van der Waals surface area contributed by atoms with Crippen LogP contribution in [0.1, 0.15) is 48.2 Å². The number of benzene rings is 2. The molecule has 0 fully saturated rings. The number of fused-ring (bicyclic) bond motifs is 1. The number of nitrogens with zero attached hydrogens (tertiary/aromatic N) is 4. The molecule has 0 saturated carbocycles. The van der Waals surface area contributed by atoms with Gasteiger partial charge in [0.15, 0.2) is 0 Å². The number of rotatable bonds is 5. The predicted molar refractivity (Wildman–Crippen MR) is 153 cm³/mol. The number of pyridine rings is 1. The first kappa shape index (κ1) is 28.7. The molecule has 3 aromatic rings. The summed E-state index contributed by atoms with van der Waals surface area (Å²) in [6.07, 6.45) is 4.89. The van der Waals surface area contributed by atoms with Gasteiger partial charge in [0.25, 0.3) is 5.91 Å². The fourth-order valence-electron chi connectivity index (χ4n) is 5.08. The summed E-state index contributed by atoms with van der Waals surface area (Å²) in [5, 5.41) is 0.544. The van der Waals surface area contributed by atoms with Crippen LogP contribution < -0.4 is 4.90 Å². The smallest absolute Gasteiger partial charge is 0.259 e. The first-order valence-corrected chi connectivity index (χ1v) is 13.9. The van der Waals surface area contributed by atoms with Gasteiger partial charge in [-0.05, 0) is 79.4 Å². The Morgan fingerprint density at radius 2 is 1.77 bits per heavy atom. The first-order chi connectivity index (χ1) is 18.8. The number of hydrogen-bond acceptors (Lipinski definition) is 4. The van der Waals surface area contributed by atoms with E-state index in [-0.39, 0.29) is 24.8 Å². The van der Waals surface area contributed by atoms with Crippen LogP contribution in [0.25, 0.3) is 0 Å². The molecule has 0 bridgehead atoms. The SMILES string of the molecule is CC(C)CN1CCCN(C(=O)Cc2ccccc2Cl)Cc2cc(F)ccc2N(C(=O)c2cccnc2)CCC1. The maximum atomic E-state index is 14.6. The first-order valence-electron chi connectivity index (χ1n) is 13.6. The van der Waals surface area contributed by atoms with E-state index in [2.05, 4.69) is 23.7 Å². The van der Waals surface area contributed by atoms with Gasteiger partial charge in [0.1, 0.15) is 5.82 Å². The molecule has 1 aliphatic heterocycles. The molecule has 206 valence electrons. The van der Waals surface area contributed by atoms with Gasteiger partial charge < -0.3 is 14.7 Å². The average molecular weight is 551 g/mol. The molecular formula is C31H36ClFN4O2. The number of anilines is 1. The van der Waals surface area contributed by atoms with Gasteiger partial charge in [-0.1, -0.05) is 43.6 Å². The Morgan fingerprint density at radius 3 is 2.49 bits per heavy atom. The van der Waals surface area contributed by atoms with E-state index in [1.54, 1.807) is 46.5 Å². The molecule has 2 heterocycles. The normalized spacial score (nSPS) is 15.4. The Hall–Kier alpha value is -3.29. The molecule has 8 heteroatoms. The van der Waals surface area contributed by atoms with Crippen LogP contribution in [0.5, 0.6) is 0 Å². The molecule has 6 nitrogen and oxygen atoms in total. The van der Waals surface area contributed by atoms with Crippen LogP contribution in [0.3, 0.4) is 0 Å². The minimum absolute atomic E-state index is 0.0871. The summed E-state index contributed by atoms with van der Waals surface area (Å²) >= 11 is 6.36. The average Bonchev–Trinajstić information content (AvgIpc) is 2.91. The van der Waals surface area contributed by atoms with Crippen molar-refractivity contribution in [1.82, 2.24) is 14.8 Å². The van der Waals surface area contributed by atoms with E-state index in [4.69, 9.17) is 11.6 Å². The van der Waals surface area contributed by atoms with E-state index in [0.29, 0.717) is 40.8 Å². The summed E-state index contributed by atoms with van der Waals surface area (Å²) in [6, 6.07) is 15.2. The third-order valence-corrected chi connectivity index (χ3v) is 7.25. The second kappa shape index (κ2) is 13.7. The zero-order valence-electron chi connectivity index (χ0n) is 22.7. The second-order valence-electron chi connectivity index (χ2n) is 10.5. The lowest BCUT2D eigenvalue weighted by Gasteiger charge is -2.32. The highest BCUT2D eigenvalue weighted by Gasteiger charge is 2.25. The molecular weight excluding hydrogens is 515 g/mol. The van der Waals surface area contributed by atoms with Crippen LogP contribution in [0.4, 0.5) is 10.1 Å². The maximum Gasteiger partial charge on any atom is 0.259 e. The van der Waals surface area contributed by atoms with Crippen molar-refractivity contribution in [3.63, 3.8) is 0 Å². The van der Waals surface area contributed by atoms with E-state index in [1.165, 1.54) is 12.1 Å². The molecule has 39 heavy (non-hydrogen) atoms. The molecule has 0 saturated heterocycles. The molecule has 2 amide bonds. The highest BCUT2D eigenvalue weighted by molar-refractivity contribution is 6.31. The van der Waals surface area contributed by atoms with Crippen LogP contribution >= 0.6 is 11.6 Å². The molecule has 0 aliphatic carbocycles. The van der Waals surface area contributed by atoms with E-state index < -0.39 is 5.82 Å². The number of carbonyl (C=O) groups is 2. The summed E-state index contributed by atoms with van der Waals surface area (Å²) in [6.45, 7) is 8.15. The van der Waals surface area contributed by atoms with Gasteiger partial charge >= 0.3 is 0 Å². The van der Waals surface area contributed by atoms with Gasteiger partial charge in [0.2, 0.25) is 5.91 Å². The van der Waals surface area contributed by atoms with E-state index in [1.807, 2.05) is 18.2 Å². The molecule has 1 aliphatic rings. The molecule has 0 spiro atoms. The van der Waals surface area contributed by atoms with Gasteiger partial charge in [-0.15, -0.1) is 0 Å². The molecule has 0 N–H and O–H groups in total. The van der Waals surface area contributed by atoms with Crippen LogP contribution in [-0.4, -0.2) is 59.3 Å². The number of carbonyl (C=O) groups excluding carboxylic acids is 2. The summed E-state index contributed by atoms with van der Waals surface area (Å²) in [5.41, 5.74) is 2.42. The van der Waals surface area contributed by atoms with Crippen molar-refractivity contribution in [2.45, 2.75) is 39.7 Å². The highest BCUT2D eigenvalue weighted by Crippen LogP contribution is 2.27. The van der Waals surface area contributed by atoms with Crippen molar-refractivity contribution in [3.8, 4) is 0 Å². The van der Waals surface area contributed by atoms with Crippen molar-refractivity contribution in [2.24, 2.45) is 5.92 Å². The standard InChI is InChI=1S/C31H36ClFN4O2/c1-23(2)21-35-14-6-16-36(30(38)19-24-8-3-4-10-28(24)32)22-26-18-27(33)11-12-29(26)37(17-7-15-35)31(39)25-9-5-13-34-20-25/h3-5,8-13,18,20,23H,6-7,14-17,19,21-22H2,1-2H3. The predicted octanol–water partition coefficient (Wildman–Crippen LogP) is 5.84. The lowest BCUT2D eigenvalue weighted by molar-refractivity contribution is -0.131. The third kappa shape index (κ3) is 7.87. The second-order valence-corrected chi connectivity index (χ2v) is 10.9. The fourth-order valence-corrected chi connectivity index (χ4v) is 5.29. The maximum absolute atomic E-state index is 14.6. The van der Waals surface area contributed by atoms with Crippen molar-refractivity contribution in [3.05, 3.63) is 94.5 Å². The fraction of sp³-hybridized carbons (Fsp3) is 0.387. The third-order valence-electron chi connectivity index (χ3n) is 6.88. The number of hydrogen-bond donors (Lipinski definition) is 0. The topological polar surface area (TPSA) is 56.8 Å². The van der Waals surface area contributed by atoms with Crippen molar-refractivity contribution in [1.29, 1.82) is 0 Å². The minimum atomic E-state index is -0.406. The zero-order valence-corrected chi connectivity index (χ0v) is 23.4. The molecule has 1 aromatic heterocycles. The minimum Gasteiger partial charge on any atom is -0.338 e. The highest BCUT2D eigenvalue weighted by atomic mass is 35.5. The Labute approximate surface area is 235 Å². The largest absolute Gasteiger partial charge is 0.338 e. The van der Waals surface area contributed by atoms with Gasteiger partial charge in [-0.25, -0.2) is 4.39 Å². The zero-order chi connectivity index (χ0) is 27.8. The Bertz CT molecular complexity index is 1270. The Balaban J connectivity index is 1.70. The van der Waals surface area contributed by atoms with E-state index in [9.17, 15) is 14.0 Å². The van der Waals surface area contributed by atoms with Crippen LogP contribution in [0, 0.1) is 11.7 Å². The Kier molecular flexibility index (Phi) is 10.1. The van der Waals surface area contributed by atoms with Crippen molar-refractivity contribution < 1.29 is 14.0 Å². The molecule has 4 rings (SSSR count). The molecule has 0 radical (unpaired) electrons. The van der Waals surface area contributed by atoms with Gasteiger partial charge in [-0.2, -0.15) is 0 Å². The van der Waals surface area contributed by atoms with Crippen molar-refractivity contribution >= 4 is 29.1 Å². The lowest BCUT2D eigenvalue weighted by Crippen LogP contribution is -2.40. The number of amides is 2. The summed E-state index contributed by atoms with van der Waals surface area (Å²) < 4.78 is 14.6. The number of aromatic nitrogens is 1. The Morgan fingerprint density at radius 1 is 1.00 bits per heavy atom. The van der Waals surface area contributed by atoms with Gasteiger partial charge in [0.05, 0.1) is 12.0 Å². The van der Waals surface area contributed by atoms with Crippen LogP contribution in [-0.2, 0) is 17.8 Å². The van der Waals surface area contributed by atoms with Gasteiger partial charge in [0, 0.05) is 49.3 Å². The summed E-state index contributed by atoms with van der Waals surface area (Å²) in [4.78, 5) is 37.3. The molecule has 2 aromatic carbocycles. The lowest BCUT2D eigenvalue weighted by atomic mass is 10.1. The number of halogens is 2. The van der Waals surface area contributed by atoms with E-state index in [0.717, 1.165) is 38.0 Å². The summed E-state index contributed by atoms with van der Waals surface area (Å²) in [7, 11) is 0. The monoisotopic (exact) mass is 550 g/mol. The van der Waals surface area contributed by atoms with Crippen LogP contribution in [0.15, 0.2) is 67.0 Å². The quantitative estimate of drug-likeness (QED) is 0.400. The molecule has 0 atom stereocenters. The summed E-state index contributed by atoms with van der Waals surface area (Å²) in [5.74, 6) is -0.197. The van der Waals surface area contributed by atoms with E-state index >= 15 is 0 Å². The van der Waals surface area contributed by atoms with Crippen molar-refractivity contribution in [2.75, 3.05) is 37.6 Å². The van der Waals surface area contributed by atoms with Crippen LogP contribution in [0.2, 0.25) is 5.02 Å². The van der Waals surface area contributed by atoms with Gasteiger partial charge in [-0.3, -0.25) is 14.6 Å². The molecule has 0 unspecified atom stereocenters.